The average molecular weight is 313 g/mol. The van der Waals surface area contributed by atoms with Gasteiger partial charge in [-0.05, 0) is 46.0 Å². The minimum atomic E-state index is -0.565. The zero-order valence-electron chi connectivity index (χ0n) is 14.8. The van der Waals surface area contributed by atoms with Crippen LogP contribution >= 0.6 is 0 Å². The fraction of sp³-hybridized carbons (Fsp3) is 0.765. The summed E-state index contributed by atoms with van der Waals surface area (Å²) in [5, 5.41) is 2.85. The zero-order chi connectivity index (χ0) is 17.3. The molecular weight excluding hydrogens is 282 g/mol. The van der Waals surface area contributed by atoms with Crippen molar-refractivity contribution < 1.29 is 19.1 Å². The predicted molar refractivity (Wildman–Crippen MR) is 87.6 cm³/mol. The molecule has 0 aromatic heterocycles. The van der Waals surface area contributed by atoms with Gasteiger partial charge in [-0.15, -0.1) is 6.58 Å². The number of allylic oxidation sites excluding steroid dienone is 1. The first-order valence-electron chi connectivity index (χ1n) is 7.82. The number of esters is 1. The molecule has 1 amide bonds. The summed E-state index contributed by atoms with van der Waals surface area (Å²) in [7, 11) is 0. The quantitative estimate of drug-likeness (QED) is 0.546. The summed E-state index contributed by atoms with van der Waals surface area (Å²) in [6, 6.07) is -0.279. The minimum Gasteiger partial charge on any atom is -0.460 e. The highest BCUT2D eigenvalue weighted by Gasteiger charge is 2.28. The first kappa shape index (κ1) is 20.5. The predicted octanol–water partition coefficient (Wildman–Crippen LogP) is 3.82. The summed E-state index contributed by atoms with van der Waals surface area (Å²) >= 11 is 0. The monoisotopic (exact) mass is 313 g/mol. The minimum absolute atomic E-state index is 0.279. The largest absolute Gasteiger partial charge is 0.460 e. The Hall–Kier alpha value is -1.52. The summed E-state index contributed by atoms with van der Waals surface area (Å²) in [6.45, 7) is 14.6. The standard InChI is InChI=1S/C17H31NO4/c1-8-9-10-15(21-13(4)19)14(11-12(2)3)18-16(20)22-17(5,6)7/h8,12,14-15H,1,9-11H2,2-7H3,(H,18,20)/t14-,15-/m0/s1. The Balaban J connectivity index is 4.97. The molecular formula is C17H31NO4. The molecule has 0 aromatic carbocycles. The van der Waals surface area contributed by atoms with Crippen LogP contribution in [0.1, 0.15) is 60.8 Å². The molecule has 0 aliphatic heterocycles. The molecule has 22 heavy (non-hydrogen) atoms. The van der Waals surface area contributed by atoms with E-state index in [2.05, 4.69) is 25.7 Å². The molecule has 0 aliphatic rings. The second-order valence-corrected chi connectivity index (χ2v) is 6.90. The SMILES string of the molecule is C=CCC[C@H](OC(C)=O)[C@H](CC(C)C)NC(=O)OC(C)(C)C. The Kier molecular flexibility index (Phi) is 8.83. The van der Waals surface area contributed by atoms with Crippen molar-refractivity contribution in [3.05, 3.63) is 12.7 Å². The molecule has 5 nitrogen and oxygen atoms in total. The van der Waals surface area contributed by atoms with E-state index in [1.807, 2.05) is 20.8 Å². The fourth-order valence-electron chi connectivity index (χ4n) is 2.11. The van der Waals surface area contributed by atoms with E-state index in [4.69, 9.17) is 9.47 Å². The van der Waals surface area contributed by atoms with Gasteiger partial charge in [-0.25, -0.2) is 4.79 Å². The molecule has 0 aliphatic carbocycles. The van der Waals surface area contributed by atoms with Gasteiger partial charge in [0, 0.05) is 6.92 Å². The average Bonchev–Trinajstić information content (AvgIpc) is 2.30. The normalized spacial score (nSPS) is 14.1. The molecule has 2 atom stereocenters. The van der Waals surface area contributed by atoms with Gasteiger partial charge in [0.1, 0.15) is 11.7 Å². The van der Waals surface area contributed by atoms with Crippen molar-refractivity contribution in [3.8, 4) is 0 Å². The van der Waals surface area contributed by atoms with Crippen molar-refractivity contribution in [2.24, 2.45) is 5.92 Å². The van der Waals surface area contributed by atoms with E-state index in [0.29, 0.717) is 25.2 Å². The van der Waals surface area contributed by atoms with Crippen molar-refractivity contribution in [1.82, 2.24) is 5.32 Å². The van der Waals surface area contributed by atoms with E-state index in [1.165, 1.54) is 6.92 Å². The molecule has 128 valence electrons. The number of hydrogen-bond donors (Lipinski definition) is 1. The molecule has 0 heterocycles. The van der Waals surface area contributed by atoms with Crippen molar-refractivity contribution in [2.45, 2.75) is 78.6 Å². The lowest BCUT2D eigenvalue weighted by Crippen LogP contribution is -2.47. The lowest BCUT2D eigenvalue weighted by Gasteiger charge is -2.30. The molecule has 0 saturated heterocycles. The molecule has 5 heteroatoms. The van der Waals surface area contributed by atoms with E-state index >= 15 is 0 Å². The Morgan fingerprint density at radius 2 is 1.86 bits per heavy atom. The third-order valence-corrected chi connectivity index (χ3v) is 2.85. The van der Waals surface area contributed by atoms with E-state index in [-0.39, 0.29) is 18.1 Å². The van der Waals surface area contributed by atoms with Crippen LogP contribution in [0, 0.1) is 5.92 Å². The van der Waals surface area contributed by atoms with Crippen LogP contribution < -0.4 is 5.32 Å². The Labute approximate surface area is 134 Å². The molecule has 0 fully saturated rings. The van der Waals surface area contributed by atoms with Gasteiger partial charge in [-0.3, -0.25) is 4.79 Å². The van der Waals surface area contributed by atoms with Crippen molar-refractivity contribution >= 4 is 12.1 Å². The van der Waals surface area contributed by atoms with Crippen molar-refractivity contribution in [1.29, 1.82) is 0 Å². The van der Waals surface area contributed by atoms with Crippen LogP contribution in [0.3, 0.4) is 0 Å². The number of hydrogen-bond acceptors (Lipinski definition) is 4. The molecule has 0 aromatic rings. The lowest BCUT2D eigenvalue weighted by molar-refractivity contribution is -0.148. The second kappa shape index (κ2) is 9.49. The van der Waals surface area contributed by atoms with Crippen LogP contribution in [-0.4, -0.2) is 29.8 Å². The number of nitrogens with one attached hydrogen (secondary N) is 1. The van der Waals surface area contributed by atoms with Gasteiger partial charge in [0.15, 0.2) is 0 Å². The molecule has 0 rings (SSSR count). The maximum atomic E-state index is 12.0. The van der Waals surface area contributed by atoms with Gasteiger partial charge in [0.2, 0.25) is 0 Å². The Morgan fingerprint density at radius 3 is 2.27 bits per heavy atom. The van der Waals surface area contributed by atoms with Gasteiger partial charge in [0.25, 0.3) is 0 Å². The van der Waals surface area contributed by atoms with Crippen LogP contribution in [0.2, 0.25) is 0 Å². The number of ether oxygens (including phenoxy) is 2. The number of alkyl carbamates (subject to hydrolysis) is 1. The van der Waals surface area contributed by atoms with Crippen LogP contribution in [-0.2, 0) is 14.3 Å². The first-order valence-corrected chi connectivity index (χ1v) is 7.82. The smallest absolute Gasteiger partial charge is 0.408 e. The molecule has 0 unspecified atom stereocenters. The van der Waals surface area contributed by atoms with E-state index < -0.39 is 11.7 Å². The number of carbonyl (C=O) groups is 2. The zero-order valence-corrected chi connectivity index (χ0v) is 14.8. The summed E-state index contributed by atoms with van der Waals surface area (Å²) in [4.78, 5) is 23.4. The first-order chi connectivity index (χ1) is 10.0. The van der Waals surface area contributed by atoms with Gasteiger partial charge in [-0.1, -0.05) is 19.9 Å². The number of carbonyl (C=O) groups excluding carboxylic acids is 2. The summed E-state index contributed by atoms with van der Waals surface area (Å²) < 4.78 is 10.7. The van der Waals surface area contributed by atoms with Gasteiger partial charge in [-0.2, -0.15) is 0 Å². The highest BCUT2D eigenvalue weighted by molar-refractivity contribution is 5.69. The molecule has 0 radical (unpaired) electrons. The lowest BCUT2D eigenvalue weighted by atomic mass is 9.96. The molecule has 0 saturated carbocycles. The third-order valence-electron chi connectivity index (χ3n) is 2.85. The highest BCUT2D eigenvalue weighted by Crippen LogP contribution is 2.17. The van der Waals surface area contributed by atoms with Crippen LogP contribution in [0.25, 0.3) is 0 Å². The molecule has 0 bridgehead atoms. The molecule has 1 N–H and O–H groups in total. The van der Waals surface area contributed by atoms with E-state index in [9.17, 15) is 9.59 Å². The second-order valence-electron chi connectivity index (χ2n) is 6.90. The topological polar surface area (TPSA) is 64.6 Å². The van der Waals surface area contributed by atoms with Crippen molar-refractivity contribution in [2.75, 3.05) is 0 Å². The van der Waals surface area contributed by atoms with Gasteiger partial charge in [0.05, 0.1) is 6.04 Å². The summed E-state index contributed by atoms with van der Waals surface area (Å²) in [6.07, 6.45) is 2.93. The van der Waals surface area contributed by atoms with Crippen LogP contribution in [0.5, 0.6) is 0 Å². The Morgan fingerprint density at radius 1 is 1.27 bits per heavy atom. The van der Waals surface area contributed by atoms with Crippen LogP contribution in [0.4, 0.5) is 4.79 Å². The van der Waals surface area contributed by atoms with Crippen LogP contribution in [0.15, 0.2) is 12.7 Å². The van der Waals surface area contributed by atoms with Gasteiger partial charge < -0.3 is 14.8 Å². The summed E-state index contributed by atoms with van der Waals surface area (Å²) in [5.41, 5.74) is -0.565. The van der Waals surface area contributed by atoms with Gasteiger partial charge >= 0.3 is 12.1 Å². The van der Waals surface area contributed by atoms with Crippen molar-refractivity contribution in [3.63, 3.8) is 0 Å². The summed E-state index contributed by atoms with van der Waals surface area (Å²) in [5.74, 6) is -0.00414. The number of rotatable bonds is 8. The maximum Gasteiger partial charge on any atom is 0.408 e. The maximum absolute atomic E-state index is 12.0. The molecule has 0 spiro atoms. The highest BCUT2D eigenvalue weighted by atomic mass is 16.6. The van der Waals surface area contributed by atoms with E-state index in [0.717, 1.165) is 0 Å². The van der Waals surface area contributed by atoms with E-state index in [1.54, 1.807) is 6.08 Å². The number of amides is 1. The third kappa shape index (κ3) is 10.2. The Bertz CT molecular complexity index is 371. The fourth-order valence-corrected chi connectivity index (χ4v) is 2.11.